The molecule has 0 bridgehead atoms. The Labute approximate surface area is 184 Å². The maximum atomic E-state index is 10.6. The summed E-state index contributed by atoms with van der Waals surface area (Å²) in [6.45, 7) is 12.4. The van der Waals surface area contributed by atoms with Crippen LogP contribution in [0.25, 0.3) is 0 Å². The zero-order chi connectivity index (χ0) is 22.0. The van der Waals surface area contributed by atoms with Gasteiger partial charge in [-0.25, -0.2) is 0 Å². The van der Waals surface area contributed by atoms with Gasteiger partial charge in [-0.3, -0.25) is 4.79 Å². The van der Waals surface area contributed by atoms with Crippen LogP contribution in [0.4, 0.5) is 0 Å². The van der Waals surface area contributed by atoms with E-state index in [1.807, 2.05) is 0 Å². The van der Waals surface area contributed by atoms with Crippen LogP contribution in [0.15, 0.2) is 0 Å². The molecule has 3 nitrogen and oxygen atoms in total. The number of hydrogen-bond donors (Lipinski definition) is 1. The summed E-state index contributed by atoms with van der Waals surface area (Å²) in [5, 5.41) is 0. The van der Waals surface area contributed by atoms with Crippen molar-refractivity contribution < 1.29 is 4.79 Å². The molecule has 0 aliphatic heterocycles. The van der Waals surface area contributed by atoms with E-state index in [4.69, 9.17) is 5.73 Å². The Morgan fingerprint density at radius 2 is 0.793 bits per heavy atom. The van der Waals surface area contributed by atoms with Crippen LogP contribution in [0.1, 0.15) is 143 Å². The highest BCUT2D eigenvalue weighted by Crippen LogP contribution is 2.14. The Morgan fingerprint density at radius 3 is 1.00 bits per heavy atom. The van der Waals surface area contributed by atoms with E-state index in [0.29, 0.717) is 6.42 Å². The molecule has 0 aromatic carbocycles. The lowest BCUT2D eigenvalue weighted by atomic mass is 10.0. The minimum absolute atomic E-state index is 0.152. The van der Waals surface area contributed by atoms with Crippen LogP contribution in [0.5, 0.6) is 0 Å². The number of nitrogens with two attached hydrogens (primary N) is 1. The molecule has 0 spiro atoms. The quantitative estimate of drug-likeness (QED) is 0.195. The van der Waals surface area contributed by atoms with Gasteiger partial charge in [-0.2, -0.15) is 0 Å². The van der Waals surface area contributed by atoms with Gasteiger partial charge in [0.05, 0.1) is 0 Å². The number of rotatable bonds is 21. The second kappa shape index (κ2) is 27.4. The molecule has 0 saturated carbocycles. The van der Waals surface area contributed by atoms with Crippen LogP contribution in [-0.2, 0) is 4.79 Å². The van der Waals surface area contributed by atoms with Crippen molar-refractivity contribution in [3.8, 4) is 0 Å². The minimum atomic E-state index is -0.152. The van der Waals surface area contributed by atoms with Crippen molar-refractivity contribution in [1.82, 2.24) is 4.90 Å². The van der Waals surface area contributed by atoms with E-state index in [-0.39, 0.29) is 5.91 Å². The summed E-state index contributed by atoms with van der Waals surface area (Å²) in [5.41, 5.74) is 5.12. The van der Waals surface area contributed by atoms with E-state index in [9.17, 15) is 4.79 Å². The number of hydrogen-bond acceptors (Lipinski definition) is 2. The van der Waals surface area contributed by atoms with Gasteiger partial charge in [-0.1, -0.05) is 130 Å². The van der Waals surface area contributed by atoms with Gasteiger partial charge in [0.1, 0.15) is 0 Å². The average molecular weight is 413 g/mol. The number of unbranched alkanes of at least 4 members (excludes halogenated alkanes) is 16. The van der Waals surface area contributed by atoms with Crippen LogP contribution in [0.2, 0.25) is 0 Å². The van der Waals surface area contributed by atoms with Gasteiger partial charge in [-0.05, 0) is 26.1 Å². The molecule has 3 heteroatoms. The molecule has 0 aromatic rings. The Bertz CT molecular complexity index is 298. The Kier molecular flexibility index (Phi) is 29.0. The SMILES string of the molecule is CCCCCCCCCCCCCCCCCCCC(N)=O.CCN(CC)CC. The average Bonchev–Trinajstić information content (AvgIpc) is 2.72. The maximum absolute atomic E-state index is 10.6. The molecule has 0 aliphatic rings. The predicted molar refractivity (Wildman–Crippen MR) is 131 cm³/mol. The minimum Gasteiger partial charge on any atom is -0.370 e. The fraction of sp³-hybridized carbons (Fsp3) is 0.962. The number of carbonyl (C=O) groups excluding carboxylic acids is 1. The normalized spacial score (nSPS) is 10.8. The highest BCUT2D eigenvalue weighted by atomic mass is 16.1. The third kappa shape index (κ3) is 29.7. The zero-order valence-corrected chi connectivity index (χ0v) is 20.8. The monoisotopic (exact) mass is 412 g/mol. The highest BCUT2D eigenvalue weighted by Gasteiger charge is 1.96. The molecule has 0 unspecified atom stereocenters. The second-order valence-corrected chi connectivity index (χ2v) is 8.49. The smallest absolute Gasteiger partial charge is 0.217 e. The van der Waals surface area contributed by atoms with Crippen LogP contribution < -0.4 is 5.73 Å². The number of carbonyl (C=O) groups is 1. The third-order valence-electron chi connectivity index (χ3n) is 5.87. The van der Waals surface area contributed by atoms with Gasteiger partial charge >= 0.3 is 0 Å². The summed E-state index contributed by atoms with van der Waals surface area (Å²) in [7, 11) is 0. The molecule has 2 N–H and O–H groups in total. The summed E-state index contributed by atoms with van der Waals surface area (Å²) in [6, 6.07) is 0. The third-order valence-corrected chi connectivity index (χ3v) is 5.87. The summed E-state index contributed by atoms with van der Waals surface area (Å²) in [5.74, 6) is -0.152. The molecule has 0 rings (SSSR count). The van der Waals surface area contributed by atoms with Gasteiger partial charge in [0.15, 0.2) is 0 Å². The van der Waals surface area contributed by atoms with Crippen molar-refractivity contribution in [3.05, 3.63) is 0 Å². The molecule has 1 amide bonds. The van der Waals surface area contributed by atoms with Crippen molar-refractivity contribution in [2.75, 3.05) is 19.6 Å². The molecule has 0 saturated heterocycles. The zero-order valence-electron chi connectivity index (χ0n) is 20.8. The molecule has 0 heterocycles. The second-order valence-electron chi connectivity index (χ2n) is 8.49. The van der Waals surface area contributed by atoms with Crippen molar-refractivity contribution in [2.45, 2.75) is 143 Å². The van der Waals surface area contributed by atoms with E-state index in [1.165, 1.54) is 122 Å². The van der Waals surface area contributed by atoms with E-state index in [2.05, 4.69) is 32.6 Å². The van der Waals surface area contributed by atoms with Gasteiger partial charge in [0.2, 0.25) is 5.91 Å². The Balaban J connectivity index is 0. The lowest BCUT2D eigenvalue weighted by molar-refractivity contribution is -0.118. The number of primary amides is 1. The molecule has 0 aromatic heterocycles. The first-order valence-corrected chi connectivity index (χ1v) is 13.1. The first-order chi connectivity index (χ1) is 14.1. The van der Waals surface area contributed by atoms with Crippen LogP contribution >= 0.6 is 0 Å². The molecule has 0 radical (unpaired) electrons. The van der Waals surface area contributed by atoms with Crippen LogP contribution in [-0.4, -0.2) is 30.4 Å². The first-order valence-electron chi connectivity index (χ1n) is 13.1. The molecular formula is C26H56N2O. The van der Waals surface area contributed by atoms with E-state index >= 15 is 0 Å². The van der Waals surface area contributed by atoms with Crippen molar-refractivity contribution >= 4 is 5.91 Å². The fourth-order valence-electron chi connectivity index (χ4n) is 3.69. The largest absolute Gasteiger partial charge is 0.370 e. The maximum Gasteiger partial charge on any atom is 0.217 e. The topological polar surface area (TPSA) is 46.3 Å². The van der Waals surface area contributed by atoms with E-state index in [0.717, 1.165) is 6.42 Å². The van der Waals surface area contributed by atoms with Gasteiger partial charge < -0.3 is 10.6 Å². The standard InChI is InChI=1S/C20H41NO.C6H15N/c1-2-3-4-5-6-7-8-9-10-11-12-13-14-15-16-17-18-19-20(21)22;1-4-7(5-2)6-3/h2-19H2,1H3,(H2,21,22);4-6H2,1-3H3. The van der Waals surface area contributed by atoms with E-state index in [1.54, 1.807) is 0 Å². The van der Waals surface area contributed by atoms with Gasteiger partial charge in [0, 0.05) is 6.42 Å². The summed E-state index contributed by atoms with van der Waals surface area (Å²) < 4.78 is 0. The summed E-state index contributed by atoms with van der Waals surface area (Å²) >= 11 is 0. The number of amides is 1. The fourth-order valence-corrected chi connectivity index (χ4v) is 3.69. The molecule has 0 atom stereocenters. The Hall–Kier alpha value is -0.570. The summed E-state index contributed by atoms with van der Waals surface area (Å²) in [6.07, 6.45) is 23.8. The molecule has 29 heavy (non-hydrogen) atoms. The number of nitrogens with zero attached hydrogens (tertiary/aromatic N) is 1. The first kappa shape index (κ1) is 30.6. The van der Waals surface area contributed by atoms with E-state index < -0.39 is 0 Å². The van der Waals surface area contributed by atoms with Crippen molar-refractivity contribution in [3.63, 3.8) is 0 Å². The van der Waals surface area contributed by atoms with Crippen molar-refractivity contribution in [1.29, 1.82) is 0 Å². The van der Waals surface area contributed by atoms with Gasteiger partial charge in [0.25, 0.3) is 0 Å². The van der Waals surface area contributed by atoms with Crippen LogP contribution in [0.3, 0.4) is 0 Å². The molecular weight excluding hydrogens is 356 g/mol. The predicted octanol–water partition coefficient (Wildman–Crippen LogP) is 7.86. The van der Waals surface area contributed by atoms with Gasteiger partial charge in [-0.15, -0.1) is 0 Å². The lowest BCUT2D eigenvalue weighted by Gasteiger charge is -2.13. The molecule has 0 fully saturated rings. The highest BCUT2D eigenvalue weighted by molar-refractivity contribution is 5.73. The molecule has 176 valence electrons. The Morgan fingerprint density at radius 1 is 0.517 bits per heavy atom. The summed E-state index contributed by atoms with van der Waals surface area (Å²) in [4.78, 5) is 13.0. The molecule has 0 aliphatic carbocycles. The van der Waals surface area contributed by atoms with Crippen molar-refractivity contribution in [2.24, 2.45) is 5.73 Å². The van der Waals surface area contributed by atoms with Crippen LogP contribution in [0, 0.1) is 0 Å². The lowest BCUT2D eigenvalue weighted by Crippen LogP contribution is -2.21.